The van der Waals surface area contributed by atoms with Crippen LogP contribution in [0, 0.1) is 11.6 Å². The van der Waals surface area contributed by atoms with Crippen LogP contribution in [-0.2, 0) is 20.7 Å². The first-order valence-corrected chi connectivity index (χ1v) is 10.5. The van der Waals surface area contributed by atoms with Gasteiger partial charge in [-0.1, -0.05) is 36.4 Å². The molecule has 1 heterocycles. The minimum atomic E-state index is -0.919. The van der Waals surface area contributed by atoms with Gasteiger partial charge in [-0.05, 0) is 50.9 Å². The summed E-state index contributed by atoms with van der Waals surface area (Å²) >= 11 is 0. The summed E-state index contributed by atoms with van der Waals surface area (Å²) in [6, 6.07) is 10.9. The number of amides is 1. The molecule has 0 aromatic heterocycles. The molecule has 1 N–H and O–H groups in total. The molecule has 1 amide bonds. The third-order valence-corrected chi connectivity index (χ3v) is 5.79. The minimum absolute atomic E-state index is 0.0786. The van der Waals surface area contributed by atoms with Crippen LogP contribution in [-0.4, -0.2) is 37.2 Å². The summed E-state index contributed by atoms with van der Waals surface area (Å²) in [6.07, 6.45) is 0.891. The van der Waals surface area contributed by atoms with Gasteiger partial charge in [-0.15, -0.1) is 0 Å². The highest BCUT2D eigenvalue weighted by atomic mass is 19.1. The third kappa shape index (κ3) is 5.86. The van der Waals surface area contributed by atoms with Crippen LogP contribution >= 0.6 is 0 Å². The molecule has 6 nitrogen and oxygen atoms in total. The van der Waals surface area contributed by atoms with Gasteiger partial charge in [0.15, 0.2) is 6.29 Å². The quantitative estimate of drug-likeness (QED) is 0.481. The van der Waals surface area contributed by atoms with Crippen LogP contribution in [0.4, 0.5) is 13.6 Å². The summed E-state index contributed by atoms with van der Waals surface area (Å²) < 4.78 is 45.9. The summed E-state index contributed by atoms with van der Waals surface area (Å²) in [4.78, 5) is 23.1. The molecule has 0 bridgehead atoms. The lowest BCUT2D eigenvalue weighted by molar-refractivity contribution is 0.00578. The normalized spacial score (nSPS) is 17.0. The Hall–Kier alpha value is -3.04. The molecule has 174 valence electrons. The first-order chi connectivity index (χ1) is 15.5. The van der Waals surface area contributed by atoms with Crippen molar-refractivity contribution in [2.45, 2.75) is 45.5 Å². The molecule has 1 fully saturated rings. The fourth-order valence-corrected chi connectivity index (χ4v) is 3.12. The summed E-state index contributed by atoms with van der Waals surface area (Å²) in [5, 5.41) is 2.60. The number of halogens is 2. The molecule has 33 heavy (non-hydrogen) atoms. The van der Waals surface area contributed by atoms with Gasteiger partial charge in [0.1, 0.15) is 18.2 Å². The Bertz CT molecular complexity index is 1040. The molecule has 0 spiro atoms. The van der Waals surface area contributed by atoms with E-state index in [1.165, 1.54) is 6.08 Å². The molecular weight excluding hydrogens is 431 g/mol. The number of aldehydes is 1. The van der Waals surface area contributed by atoms with Crippen LogP contribution in [0.15, 0.2) is 47.9 Å². The number of benzene rings is 2. The monoisotopic (exact) mass is 457 g/mol. The SMILES string of the molecule is CC1(C)OB(C(=Cc2cc(F)c(C=O)cc2F)CNC(=O)OCc2ccccc2)OC1(C)C. The van der Waals surface area contributed by atoms with Crippen LogP contribution in [0.3, 0.4) is 0 Å². The second kappa shape index (κ2) is 9.85. The molecule has 1 aliphatic heterocycles. The highest BCUT2D eigenvalue weighted by molar-refractivity contribution is 6.56. The van der Waals surface area contributed by atoms with E-state index in [9.17, 15) is 18.4 Å². The summed E-state index contributed by atoms with van der Waals surface area (Å²) in [6.45, 7) is 7.39. The fourth-order valence-electron chi connectivity index (χ4n) is 3.12. The molecular formula is C24H26BF2NO5. The van der Waals surface area contributed by atoms with E-state index in [1.54, 1.807) is 0 Å². The zero-order valence-corrected chi connectivity index (χ0v) is 19.0. The number of carbonyl (C=O) groups is 2. The first kappa shape index (κ1) is 24.6. The standard InChI is InChI=1S/C24H26BF2NO5/c1-23(2)24(3,4)33-25(32-23)19(10-17-11-21(27)18(14-29)12-20(17)26)13-28-22(30)31-15-16-8-6-5-7-9-16/h5-12,14H,13,15H2,1-4H3,(H,28,30). The fraction of sp³-hybridized carbons (Fsp3) is 0.333. The average molecular weight is 457 g/mol. The molecule has 0 atom stereocenters. The molecule has 9 heteroatoms. The van der Waals surface area contributed by atoms with Gasteiger partial charge in [0, 0.05) is 12.1 Å². The van der Waals surface area contributed by atoms with Gasteiger partial charge in [0.2, 0.25) is 0 Å². The van der Waals surface area contributed by atoms with E-state index in [0.29, 0.717) is 5.47 Å². The Morgan fingerprint density at radius 2 is 1.61 bits per heavy atom. The maximum absolute atomic E-state index is 14.5. The average Bonchev–Trinajstić information content (AvgIpc) is 2.99. The molecule has 0 radical (unpaired) electrons. The Morgan fingerprint density at radius 1 is 1.03 bits per heavy atom. The number of ether oxygens (including phenoxy) is 1. The number of alkyl carbamates (subject to hydrolysis) is 1. The third-order valence-electron chi connectivity index (χ3n) is 5.79. The van der Waals surface area contributed by atoms with E-state index in [4.69, 9.17) is 14.0 Å². The van der Waals surface area contributed by atoms with E-state index >= 15 is 0 Å². The van der Waals surface area contributed by atoms with Crippen molar-refractivity contribution in [2.75, 3.05) is 6.54 Å². The molecule has 3 rings (SSSR count). The van der Waals surface area contributed by atoms with Crippen molar-refractivity contribution in [2.24, 2.45) is 0 Å². The maximum Gasteiger partial charge on any atom is 0.492 e. The highest BCUT2D eigenvalue weighted by Gasteiger charge is 2.52. The summed E-state index contributed by atoms with van der Waals surface area (Å²) in [5.41, 5.74) is -0.692. The van der Waals surface area contributed by atoms with Gasteiger partial charge in [0.25, 0.3) is 0 Å². The van der Waals surface area contributed by atoms with Crippen molar-refractivity contribution in [1.29, 1.82) is 0 Å². The molecule has 0 unspecified atom stereocenters. The van der Waals surface area contributed by atoms with E-state index in [2.05, 4.69) is 5.32 Å². The van der Waals surface area contributed by atoms with Crippen molar-refractivity contribution in [3.63, 3.8) is 0 Å². The zero-order valence-electron chi connectivity index (χ0n) is 19.0. The van der Waals surface area contributed by atoms with Crippen LogP contribution in [0.1, 0.15) is 49.2 Å². The van der Waals surface area contributed by atoms with Gasteiger partial charge < -0.3 is 19.4 Å². The van der Waals surface area contributed by atoms with Crippen molar-refractivity contribution < 1.29 is 32.4 Å². The van der Waals surface area contributed by atoms with E-state index in [1.807, 2.05) is 58.0 Å². The van der Waals surface area contributed by atoms with Gasteiger partial charge >= 0.3 is 13.2 Å². The van der Waals surface area contributed by atoms with Crippen LogP contribution in [0.2, 0.25) is 0 Å². The Morgan fingerprint density at radius 3 is 2.21 bits per heavy atom. The highest BCUT2D eigenvalue weighted by Crippen LogP contribution is 2.38. The Labute approximate surface area is 192 Å². The smallest absolute Gasteiger partial charge is 0.445 e. The van der Waals surface area contributed by atoms with Crippen molar-refractivity contribution in [1.82, 2.24) is 5.32 Å². The van der Waals surface area contributed by atoms with E-state index < -0.39 is 36.0 Å². The van der Waals surface area contributed by atoms with Crippen molar-refractivity contribution >= 4 is 25.6 Å². The number of nitrogens with one attached hydrogen (secondary N) is 1. The topological polar surface area (TPSA) is 73.9 Å². The number of hydrogen-bond acceptors (Lipinski definition) is 5. The lowest BCUT2D eigenvalue weighted by Crippen LogP contribution is -2.41. The van der Waals surface area contributed by atoms with Crippen LogP contribution < -0.4 is 5.32 Å². The zero-order chi connectivity index (χ0) is 24.2. The van der Waals surface area contributed by atoms with Gasteiger partial charge in [-0.2, -0.15) is 0 Å². The number of carbonyl (C=O) groups excluding carboxylic acids is 2. The van der Waals surface area contributed by atoms with E-state index in [0.717, 1.165) is 17.7 Å². The lowest BCUT2D eigenvalue weighted by atomic mass is 9.77. The summed E-state index contributed by atoms with van der Waals surface area (Å²) in [7, 11) is -0.919. The second-order valence-corrected chi connectivity index (χ2v) is 8.74. The maximum atomic E-state index is 14.5. The van der Waals surface area contributed by atoms with Crippen molar-refractivity contribution in [3.8, 4) is 0 Å². The van der Waals surface area contributed by atoms with Gasteiger partial charge in [-0.25, -0.2) is 13.6 Å². The predicted molar refractivity (Wildman–Crippen MR) is 120 cm³/mol. The minimum Gasteiger partial charge on any atom is -0.445 e. The summed E-state index contributed by atoms with van der Waals surface area (Å²) in [5.74, 6) is -1.65. The Balaban J connectivity index is 1.81. The largest absolute Gasteiger partial charge is 0.492 e. The van der Waals surface area contributed by atoms with Crippen LogP contribution in [0.25, 0.3) is 6.08 Å². The second-order valence-electron chi connectivity index (χ2n) is 8.74. The van der Waals surface area contributed by atoms with Gasteiger partial charge in [-0.3, -0.25) is 4.79 Å². The van der Waals surface area contributed by atoms with Crippen LogP contribution in [0.5, 0.6) is 0 Å². The number of rotatable bonds is 7. The molecule has 1 aliphatic rings. The number of hydrogen-bond donors (Lipinski definition) is 1. The Kier molecular flexibility index (Phi) is 7.34. The molecule has 2 aromatic rings. The van der Waals surface area contributed by atoms with Crippen molar-refractivity contribution in [3.05, 3.63) is 76.3 Å². The molecule has 0 saturated carbocycles. The molecule has 1 saturated heterocycles. The predicted octanol–water partition coefficient (Wildman–Crippen LogP) is 4.72. The van der Waals surface area contributed by atoms with E-state index in [-0.39, 0.29) is 30.6 Å². The molecule has 2 aromatic carbocycles. The van der Waals surface area contributed by atoms with Gasteiger partial charge in [0.05, 0.1) is 16.8 Å². The lowest BCUT2D eigenvalue weighted by Gasteiger charge is -2.32. The molecule has 0 aliphatic carbocycles. The first-order valence-electron chi connectivity index (χ1n) is 10.5.